The quantitative estimate of drug-likeness (QED) is 0.923. The fourth-order valence-corrected chi connectivity index (χ4v) is 3.55. The van der Waals surface area contributed by atoms with E-state index in [4.69, 9.17) is 20.4 Å². The first-order valence-corrected chi connectivity index (χ1v) is 7.86. The number of piperidine rings is 1. The standard InChI is InChI=1S/C19H29NO3/c1-12(2)7-14-11-20-6-5-13-8-18(22-3)19(23-4)9-15(13)16(20)10-17(14)21/h8-9,12,14,16-17,21H,5-7,10-11H2,1-4H3/i1D3,7D2,8D,9D,12D. The lowest BCUT2D eigenvalue weighted by molar-refractivity contribution is -0.0191. The molecule has 0 amide bonds. The summed E-state index contributed by atoms with van der Waals surface area (Å²) in [5.41, 5.74) is 1.20. The van der Waals surface area contributed by atoms with Gasteiger partial charge in [0.25, 0.3) is 0 Å². The molecule has 4 unspecified atom stereocenters. The van der Waals surface area contributed by atoms with Crippen LogP contribution in [0.25, 0.3) is 0 Å². The van der Waals surface area contributed by atoms with Gasteiger partial charge in [-0.3, -0.25) is 4.90 Å². The van der Waals surface area contributed by atoms with Crippen LogP contribution < -0.4 is 9.47 Å². The van der Waals surface area contributed by atoms with E-state index in [0.29, 0.717) is 24.1 Å². The van der Waals surface area contributed by atoms with Crippen molar-refractivity contribution in [2.45, 2.75) is 45.1 Å². The van der Waals surface area contributed by atoms with E-state index in [1.54, 1.807) is 0 Å². The van der Waals surface area contributed by atoms with E-state index in [-0.39, 0.29) is 36.5 Å². The van der Waals surface area contributed by atoms with E-state index in [0.717, 1.165) is 6.92 Å². The van der Waals surface area contributed by atoms with Crippen LogP contribution in [0.4, 0.5) is 0 Å². The fourth-order valence-electron chi connectivity index (χ4n) is 3.55. The number of aliphatic hydroxyl groups is 1. The van der Waals surface area contributed by atoms with Crippen molar-refractivity contribution < 1.29 is 25.5 Å². The van der Waals surface area contributed by atoms with E-state index in [9.17, 15) is 5.11 Å². The molecule has 2 aliphatic rings. The summed E-state index contributed by atoms with van der Waals surface area (Å²) in [4.78, 5) is 1.91. The summed E-state index contributed by atoms with van der Waals surface area (Å²) in [7, 11) is 2.81. The topological polar surface area (TPSA) is 41.9 Å². The second-order valence-electron chi connectivity index (χ2n) is 6.15. The molecule has 1 aromatic rings. The van der Waals surface area contributed by atoms with Crippen LogP contribution in [-0.4, -0.2) is 43.4 Å². The van der Waals surface area contributed by atoms with Crippen molar-refractivity contribution in [2.75, 3.05) is 27.3 Å². The van der Waals surface area contributed by atoms with Gasteiger partial charge in [-0.2, -0.15) is 0 Å². The monoisotopic (exact) mass is 327 g/mol. The normalized spacial score (nSPS) is 36.3. The van der Waals surface area contributed by atoms with Gasteiger partial charge in [0, 0.05) is 27.4 Å². The van der Waals surface area contributed by atoms with Crippen LogP contribution in [0.15, 0.2) is 12.1 Å². The van der Waals surface area contributed by atoms with Crippen molar-refractivity contribution >= 4 is 0 Å². The minimum absolute atomic E-state index is 0.0456. The Balaban J connectivity index is 2.02. The van der Waals surface area contributed by atoms with Gasteiger partial charge in [0.05, 0.1) is 23.1 Å². The van der Waals surface area contributed by atoms with Gasteiger partial charge in [0.2, 0.25) is 0 Å². The molecule has 1 fully saturated rings. The number of fused-ring (bicyclic) bond motifs is 3. The van der Waals surface area contributed by atoms with Crippen LogP contribution >= 0.6 is 0 Å². The Kier molecular flexibility index (Phi) is 2.70. The minimum atomic E-state index is -2.86. The second kappa shape index (κ2) is 6.70. The SMILES string of the molecule is [2H]c1c2c(c([2H])c(OC)c1OC)C1CC(O)C(C([2H])([2H])C([2H])(C)C([2H])([2H])[2H])CN1CC2. The smallest absolute Gasteiger partial charge is 0.161 e. The van der Waals surface area contributed by atoms with E-state index in [1.165, 1.54) is 14.2 Å². The van der Waals surface area contributed by atoms with Gasteiger partial charge in [-0.05, 0) is 54.2 Å². The number of hydrogen-bond acceptors (Lipinski definition) is 4. The number of aliphatic hydroxyl groups excluding tert-OH is 1. The van der Waals surface area contributed by atoms with Crippen LogP contribution in [0, 0.1) is 11.8 Å². The van der Waals surface area contributed by atoms with Crippen LogP contribution in [0.3, 0.4) is 0 Å². The Hall–Kier alpha value is -1.26. The summed E-state index contributed by atoms with van der Waals surface area (Å²) in [5, 5.41) is 10.9. The zero-order valence-electron chi connectivity index (χ0n) is 21.8. The zero-order chi connectivity index (χ0) is 23.5. The van der Waals surface area contributed by atoms with E-state index in [2.05, 4.69) is 0 Å². The first-order chi connectivity index (χ1) is 14.2. The Morgan fingerprint density at radius 3 is 2.91 bits per heavy atom. The molecule has 1 aromatic carbocycles. The average Bonchev–Trinajstić information content (AvgIpc) is 2.67. The van der Waals surface area contributed by atoms with E-state index in [1.807, 2.05) is 4.90 Å². The number of nitrogens with zero attached hydrogens (tertiary/aromatic N) is 1. The molecule has 2 heterocycles. The van der Waals surface area contributed by atoms with Crippen LogP contribution in [-0.2, 0) is 6.42 Å². The Labute approximate surface area is 150 Å². The highest BCUT2D eigenvalue weighted by Gasteiger charge is 2.38. The van der Waals surface area contributed by atoms with Crippen molar-refractivity contribution in [2.24, 2.45) is 11.8 Å². The molecule has 1 N–H and O–H groups in total. The molecule has 0 radical (unpaired) electrons. The molecule has 23 heavy (non-hydrogen) atoms. The lowest BCUT2D eigenvalue weighted by atomic mass is 9.79. The Morgan fingerprint density at radius 2 is 2.22 bits per heavy atom. The Bertz CT molecular complexity index is 858. The number of ether oxygens (including phenoxy) is 2. The first-order valence-electron chi connectivity index (χ1n) is 11.9. The highest BCUT2D eigenvalue weighted by Crippen LogP contribution is 2.43. The van der Waals surface area contributed by atoms with Gasteiger partial charge >= 0.3 is 0 Å². The first kappa shape index (κ1) is 9.28. The third-order valence-corrected chi connectivity index (χ3v) is 4.64. The zero-order valence-corrected chi connectivity index (χ0v) is 13.8. The summed E-state index contributed by atoms with van der Waals surface area (Å²) in [6.07, 6.45) is -3.20. The summed E-state index contributed by atoms with van der Waals surface area (Å²) < 4.78 is 75.8. The maximum atomic E-state index is 10.9. The van der Waals surface area contributed by atoms with E-state index >= 15 is 0 Å². The van der Waals surface area contributed by atoms with Gasteiger partial charge in [-0.15, -0.1) is 0 Å². The third kappa shape index (κ3) is 3.20. The number of rotatable bonds is 4. The van der Waals surface area contributed by atoms with Crippen molar-refractivity contribution in [3.8, 4) is 11.5 Å². The average molecular weight is 327 g/mol. The molecule has 128 valence electrons. The molecule has 4 nitrogen and oxygen atoms in total. The summed E-state index contributed by atoms with van der Waals surface area (Å²) in [5.74, 6) is -3.16. The molecule has 0 aromatic heterocycles. The Morgan fingerprint density at radius 1 is 1.48 bits per heavy atom. The highest BCUT2D eigenvalue weighted by atomic mass is 16.5. The van der Waals surface area contributed by atoms with Crippen LogP contribution in [0.5, 0.6) is 11.5 Å². The largest absolute Gasteiger partial charge is 0.493 e. The molecule has 0 saturated carbocycles. The van der Waals surface area contributed by atoms with Gasteiger partial charge in [-0.25, -0.2) is 0 Å². The number of benzene rings is 1. The lowest BCUT2D eigenvalue weighted by Gasteiger charge is -2.46. The predicted octanol–water partition coefficient (Wildman–Crippen LogP) is 3.03. The molecule has 4 heteroatoms. The molecule has 1 saturated heterocycles. The third-order valence-electron chi connectivity index (χ3n) is 4.64. The molecular weight excluding hydrogens is 290 g/mol. The highest BCUT2D eigenvalue weighted by molar-refractivity contribution is 5.49. The van der Waals surface area contributed by atoms with Gasteiger partial charge in [0.15, 0.2) is 11.5 Å². The molecule has 4 atom stereocenters. The summed E-state index contributed by atoms with van der Waals surface area (Å²) in [6.45, 7) is -1.31. The number of methoxy groups -OCH3 is 2. The van der Waals surface area contributed by atoms with Crippen molar-refractivity contribution in [3.63, 3.8) is 0 Å². The van der Waals surface area contributed by atoms with Crippen molar-refractivity contribution in [1.29, 1.82) is 0 Å². The predicted molar refractivity (Wildman–Crippen MR) is 91.1 cm³/mol. The fraction of sp³-hybridized carbons (Fsp3) is 0.684. The van der Waals surface area contributed by atoms with E-state index < -0.39 is 37.2 Å². The molecule has 2 aliphatic heterocycles. The molecule has 0 aliphatic carbocycles. The summed E-state index contributed by atoms with van der Waals surface area (Å²) in [6, 6.07) is -0.230. The maximum Gasteiger partial charge on any atom is 0.161 e. The second-order valence-corrected chi connectivity index (χ2v) is 6.15. The summed E-state index contributed by atoms with van der Waals surface area (Å²) >= 11 is 0. The van der Waals surface area contributed by atoms with Crippen LogP contribution in [0.1, 0.15) is 54.7 Å². The molecule has 3 rings (SSSR count). The molecule has 0 spiro atoms. The number of hydrogen-bond donors (Lipinski definition) is 1. The van der Waals surface area contributed by atoms with Gasteiger partial charge in [0.1, 0.15) is 0 Å². The van der Waals surface area contributed by atoms with Gasteiger partial charge in [-0.1, -0.05) is 13.8 Å². The molecular formula is C19H29NO3. The van der Waals surface area contributed by atoms with Crippen molar-refractivity contribution in [1.82, 2.24) is 4.90 Å². The molecule has 0 bridgehead atoms. The van der Waals surface area contributed by atoms with Crippen molar-refractivity contribution in [3.05, 3.63) is 23.2 Å². The maximum absolute atomic E-state index is 10.9. The van der Waals surface area contributed by atoms with Gasteiger partial charge < -0.3 is 14.6 Å². The van der Waals surface area contributed by atoms with Crippen LogP contribution in [0.2, 0.25) is 0 Å². The lowest BCUT2D eigenvalue weighted by Crippen LogP contribution is -2.48. The minimum Gasteiger partial charge on any atom is -0.493 e.